The highest BCUT2D eigenvalue weighted by Gasteiger charge is 2.06. The predicted octanol–water partition coefficient (Wildman–Crippen LogP) is 2.91. The first-order chi connectivity index (χ1) is 8.49. The Bertz CT molecular complexity index is 376. The van der Waals surface area contributed by atoms with Gasteiger partial charge < -0.3 is 10.6 Å². The topological polar surface area (TPSA) is 41.1 Å². The molecule has 0 bridgehead atoms. The second-order valence-corrected chi connectivity index (χ2v) is 5.14. The summed E-state index contributed by atoms with van der Waals surface area (Å²) in [5.41, 5.74) is 1.17. The molecule has 0 aromatic heterocycles. The second kappa shape index (κ2) is 7.39. The summed E-state index contributed by atoms with van der Waals surface area (Å²) >= 11 is 5.84. The van der Waals surface area contributed by atoms with Crippen LogP contribution in [0.5, 0.6) is 0 Å². The van der Waals surface area contributed by atoms with Crippen molar-refractivity contribution in [1.29, 1.82) is 0 Å². The molecule has 100 valence electrons. The maximum Gasteiger partial charge on any atom is 0.221 e. The zero-order chi connectivity index (χ0) is 13.5. The van der Waals surface area contributed by atoms with E-state index in [-0.39, 0.29) is 18.0 Å². The maximum atomic E-state index is 11.4. The van der Waals surface area contributed by atoms with Gasteiger partial charge in [-0.3, -0.25) is 4.79 Å². The number of rotatable bonds is 6. The standard InChI is InChI=1S/C14H21ClN2O/c1-10(2)17-14(18)8-9-16-11(3)12-4-6-13(15)7-5-12/h4-7,10-11,16H,8-9H2,1-3H3,(H,17,18). The minimum absolute atomic E-state index is 0.0841. The molecular weight excluding hydrogens is 248 g/mol. The van der Waals surface area contributed by atoms with Crippen LogP contribution in [0.15, 0.2) is 24.3 Å². The normalized spacial score (nSPS) is 12.5. The summed E-state index contributed by atoms with van der Waals surface area (Å²) in [5.74, 6) is 0.0841. The van der Waals surface area contributed by atoms with Gasteiger partial charge in [-0.05, 0) is 38.5 Å². The molecule has 3 nitrogen and oxygen atoms in total. The van der Waals surface area contributed by atoms with Crippen molar-refractivity contribution < 1.29 is 4.79 Å². The third-order valence-electron chi connectivity index (χ3n) is 2.62. The molecule has 4 heteroatoms. The van der Waals surface area contributed by atoms with E-state index in [0.29, 0.717) is 13.0 Å². The number of nitrogens with one attached hydrogen (secondary N) is 2. The van der Waals surface area contributed by atoms with Gasteiger partial charge in [0.2, 0.25) is 5.91 Å². The van der Waals surface area contributed by atoms with E-state index in [4.69, 9.17) is 11.6 Å². The monoisotopic (exact) mass is 268 g/mol. The number of halogens is 1. The Kier molecular flexibility index (Phi) is 6.16. The average molecular weight is 269 g/mol. The van der Waals surface area contributed by atoms with Crippen LogP contribution in [0.25, 0.3) is 0 Å². The minimum Gasteiger partial charge on any atom is -0.354 e. The van der Waals surface area contributed by atoms with Crippen LogP contribution in [-0.2, 0) is 4.79 Å². The fourth-order valence-electron chi connectivity index (χ4n) is 1.67. The van der Waals surface area contributed by atoms with Crippen LogP contribution in [-0.4, -0.2) is 18.5 Å². The highest BCUT2D eigenvalue weighted by Crippen LogP contribution is 2.15. The van der Waals surface area contributed by atoms with Gasteiger partial charge in [-0.2, -0.15) is 0 Å². The predicted molar refractivity (Wildman–Crippen MR) is 75.8 cm³/mol. The molecule has 1 aromatic carbocycles. The molecule has 0 heterocycles. The summed E-state index contributed by atoms with van der Waals surface area (Å²) in [6.45, 7) is 6.66. The lowest BCUT2D eigenvalue weighted by atomic mass is 10.1. The van der Waals surface area contributed by atoms with Crippen LogP contribution in [0, 0.1) is 0 Å². The third kappa shape index (κ3) is 5.52. The first kappa shape index (κ1) is 15.0. The van der Waals surface area contributed by atoms with E-state index in [9.17, 15) is 4.79 Å². The van der Waals surface area contributed by atoms with Crippen LogP contribution in [0.1, 0.15) is 38.8 Å². The Morgan fingerprint density at radius 3 is 2.39 bits per heavy atom. The van der Waals surface area contributed by atoms with Gasteiger partial charge in [0.15, 0.2) is 0 Å². The zero-order valence-electron chi connectivity index (χ0n) is 11.2. The first-order valence-corrected chi connectivity index (χ1v) is 6.65. The summed E-state index contributed by atoms with van der Waals surface area (Å²) in [6.07, 6.45) is 0.496. The van der Waals surface area contributed by atoms with Crippen molar-refractivity contribution in [3.63, 3.8) is 0 Å². The van der Waals surface area contributed by atoms with E-state index >= 15 is 0 Å². The Morgan fingerprint density at radius 1 is 1.22 bits per heavy atom. The molecule has 2 N–H and O–H groups in total. The van der Waals surface area contributed by atoms with Crippen molar-refractivity contribution in [2.45, 2.75) is 39.3 Å². The molecule has 1 amide bonds. The molecule has 0 aliphatic carbocycles. The summed E-state index contributed by atoms with van der Waals surface area (Å²) in [7, 11) is 0. The van der Waals surface area contributed by atoms with Gasteiger partial charge >= 0.3 is 0 Å². The van der Waals surface area contributed by atoms with Crippen LogP contribution < -0.4 is 10.6 Å². The van der Waals surface area contributed by atoms with Crippen molar-refractivity contribution >= 4 is 17.5 Å². The van der Waals surface area contributed by atoms with E-state index in [1.807, 2.05) is 38.1 Å². The Hall–Kier alpha value is -1.06. The molecule has 1 aromatic rings. The zero-order valence-corrected chi connectivity index (χ0v) is 11.9. The number of amides is 1. The van der Waals surface area contributed by atoms with Gasteiger partial charge in [-0.1, -0.05) is 23.7 Å². The maximum absolute atomic E-state index is 11.4. The van der Waals surface area contributed by atoms with Gasteiger partial charge in [-0.15, -0.1) is 0 Å². The lowest BCUT2D eigenvalue weighted by molar-refractivity contribution is -0.121. The number of benzene rings is 1. The molecular formula is C14H21ClN2O. The second-order valence-electron chi connectivity index (χ2n) is 4.70. The van der Waals surface area contributed by atoms with Crippen molar-refractivity contribution in [2.24, 2.45) is 0 Å². The lowest BCUT2D eigenvalue weighted by Crippen LogP contribution is -2.33. The van der Waals surface area contributed by atoms with Gasteiger partial charge in [0.1, 0.15) is 0 Å². The van der Waals surface area contributed by atoms with Crippen LogP contribution in [0.2, 0.25) is 5.02 Å². The smallest absolute Gasteiger partial charge is 0.221 e. The largest absolute Gasteiger partial charge is 0.354 e. The van der Waals surface area contributed by atoms with E-state index in [1.54, 1.807) is 0 Å². The van der Waals surface area contributed by atoms with Gasteiger partial charge in [0, 0.05) is 30.1 Å². The molecule has 18 heavy (non-hydrogen) atoms. The SMILES string of the molecule is CC(C)NC(=O)CCNC(C)c1ccc(Cl)cc1. The Balaban J connectivity index is 2.31. The highest BCUT2D eigenvalue weighted by atomic mass is 35.5. The number of hydrogen-bond donors (Lipinski definition) is 2. The van der Waals surface area contributed by atoms with Crippen LogP contribution in [0.4, 0.5) is 0 Å². The molecule has 0 aliphatic rings. The van der Waals surface area contributed by atoms with Crippen LogP contribution in [0.3, 0.4) is 0 Å². The Morgan fingerprint density at radius 2 is 1.83 bits per heavy atom. The average Bonchev–Trinajstić information content (AvgIpc) is 2.28. The number of carbonyl (C=O) groups is 1. The van der Waals surface area contributed by atoms with E-state index in [2.05, 4.69) is 17.6 Å². The summed E-state index contributed by atoms with van der Waals surface area (Å²) in [5, 5.41) is 6.92. The molecule has 0 radical (unpaired) electrons. The van der Waals surface area contributed by atoms with Crippen LogP contribution >= 0.6 is 11.6 Å². The quantitative estimate of drug-likeness (QED) is 0.833. The van der Waals surface area contributed by atoms with Crippen molar-refractivity contribution in [3.05, 3.63) is 34.9 Å². The summed E-state index contributed by atoms with van der Waals surface area (Å²) in [6, 6.07) is 8.16. The number of carbonyl (C=O) groups excluding carboxylic acids is 1. The molecule has 0 saturated carbocycles. The highest BCUT2D eigenvalue weighted by molar-refractivity contribution is 6.30. The molecule has 0 aliphatic heterocycles. The van der Waals surface area contributed by atoms with Gasteiger partial charge in [0.05, 0.1) is 0 Å². The van der Waals surface area contributed by atoms with Gasteiger partial charge in [-0.25, -0.2) is 0 Å². The Labute approximate surface area is 114 Å². The summed E-state index contributed by atoms with van der Waals surface area (Å²) < 4.78 is 0. The van der Waals surface area contributed by atoms with E-state index < -0.39 is 0 Å². The molecule has 0 spiro atoms. The summed E-state index contributed by atoms with van der Waals surface area (Å²) in [4.78, 5) is 11.4. The fourth-order valence-corrected chi connectivity index (χ4v) is 1.79. The molecule has 0 fully saturated rings. The van der Waals surface area contributed by atoms with Gasteiger partial charge in [0.25, 0.3) is 0 Å². The lowest BCUT2D eigenvalue weighted by Gasteiger charge is -2.14. The number of hydrogen-bond acceptors (Lipinski definition) is 2. The third-order valence-corrected chi connectivity index (χ3v) is 2.87. The van der Waals surface area contributed by atoms with E-state index in [0.717, 1.165) is 5.02 Å². The van der Waals surface area contributed by atoms with E-state index in [1.165, 1.54) is 5.56 Å². The molecule has 1 atom stereocenters. The van der Waals surface area contributed by atoms with Crippen molar-refractivity contribution in [2.75, 3.05) is 6.54 Å². The first-order valence-electron chi connectivity index (χ1n) is 6.27. The molecule has 1 rings (SSSR count). The van der Waals surface area contributed by atoms with Crippen molar-refractivity contribution in [3.8, 4) is 0 Å². The molecule has 0 saturated heterocycles. The van der Waals surface area contributed by atoms with Crippen molar-refractivity contribution in [1.82, 2.24) is 10.6 Å². The molecule has 1 unspecified atom stereocenters. The minimum atomic E-state index is 0.0841. The fraction of sp³-hybridized carbons (Fsp3) is 0.500.